The molecule has 5 nitrogen and oxygen atoms in total. The molecule has 8 heteroatoms. The van der Waals surface area contributed by atoms with Gasteiger partial charge in [-0.25, -0.2) is 13.8 Å². The molecular formula is C20H20F2N4OS. The van der Waals surface area contributed by atoms with Crippen LogP contribution in [-0.2, 0) is 11.3 Å². The van der Waals surface area contributed by atoms with E-state index in [1.807, 2.05) is 23.1 Å². The number of anilines is 1. The molecule has 0 bridgehead atoms. The Labute approximate surface area is 165 Å². The number of hydrogen-bond acceptors (Lipinski definition) is 5. The summed E-state index contributed by atoms with van der Waals surface area (Å²) in [5.41, 5.74) is 0.904. The Kier molecular flexibility index (Phi) is 5.61. The van der Waals surface area contributed by atoms with Crippen molar-refractivity contribution in [2.75, 3.05) is 38.0 Å². The molecule has 2 aromatic carbocycles. The molecule has 146 valence electrons. The zero-order valence-electron chi connectivity index (χ0n) is 15.2. The normalized spacial score (nSPS) is 15.8. The van der Waals surface area contributed by atoms with Crippen molar-refractivity contribution in [2.45, 2.75) is 6.54 Å². The molecule has 1 aliphatic rings. The number of nitrogens with zero attached hydrogens (tertiary/aromatic N) is 3. The fourth-order valence-electron chi connectivity index (χ4n) is 3.27. The van der Waals surface area contributed by atoms with Crippen molar-refractivity contribution in [1.29, 1.82) is 0 Å². The van der Waals surface area contributed by atoms with Crippen LogP contribution in [0, 0.1) is 11.6 Å². The van der Waals surface area contributed by atoms with E-state index in [1.165, 1.54) is 4.70 Å². The predicted octanol–water partition coefficient (Wildman–Crippen LogP) is 3.33. The average molecular weight is 402 g/mol. The highest BCUT2D eigenvalue weighted by molar-refractivity contribution is 7.18. The molecule has 1 amide bonds. The second-order valence-electron chi connectivity index (χ2n) is 6.80. The molecule has 0 spiro atoms. The van der Waals surface area contributed by atoms with E-state index in [0.717, 1.165) is 61.4 Å². The number of aromatic nitrogens is 1. The highest BCUT2D eigenvalue weighted by atomic mass is 32.1. The smallest absolute Gasteiger partial charge is 0.238 e. The van der Waals surface area contributed by atoms with Crippen molar-refractivity contribution in [3.8, 4) is 0 Å². The third-order valence-electron chi connectivity index (χ3n) is 4.73. The second-order valence-corrected chi connectivity index (χ2v) is 7.92. The summed E-state index contributed by atoms with van der Waals surface area (Å²) in [6.07, 6.45) is 0. The summed E-state index contributed by atoms with van der Waals surface area (Å²) in [6.45, 7) is 4.10. The number of hydrogen-bond donors (Lipinski definition) is 1. The van der Waals surface area contributed by atoms with E-state index in [4.69, 9.17) is 0 Å². The third kappa shape index (κ3) is 4.52. The van der Waals surface area contributed by atoms with Crippen molar-refractivity contribution >= 4 is 33.1 Å². The number of rotatable bonds is 5. The van der Waals surface area contributed by atoms with Crippen molar-refractivity contribution in [3.05, 3.63) is 59.1 Å². The minimum absolute atomic E-state index is 0.125. The highest BCUT2D eigenvalue weighted by Crippen LogP contribution is 2.23. The maximum Gasteiger partial charge on any atom is 0.238 e. The summed E-state index contributed by atoms with van der Waals surface area (Å²) >= 11 is 1.71. The standard InChI is InChI=1S/C20H20F2N4OS/c21-14-5-6-15(22)17(11-14)23-19(27)12-25-7-9-26(10-8-25)13-20-24-16-3-1-2-4-18(16)28-20/h1-6,11H,7-10,12-13H2,(H,23,27). The van der Waals surface area contributed by atoms with Crippen LogP contribution in [0.5, 0.6) is 0 Å². The first-order valence-electron chi connectivity index (χ1n) is 9.11. The van der Waals surface area contributed by atoms with E-state index in [9.17, 15) is 13.6 Å². The topological polar surface area (TPSA) is 48.5 Å². The molecule has 1 saturated heterocycles. The van der Waals surface area contributed by atoms with Gasteiger partial charge in [0.05, 0.1) is 29.0 Å². The number of thiazole rings is 1. The first-order chi connectivity index (χ1) is 13.6. The van der Waals surface area contributed by atoms with Gasteiger partial charge in [-0.3, -0.25) is 14.6 Å². The van der Waals surface area contributed by atoms with Gasteiger partial charge in [-0.05, 0) is 24.3 Å². The van der Waals surface area contributed by atoms with E-state index < -0.39 is 11.6 Å². The fraction of sp³-hybridized carbons (Fsp3) is 0.300. The zero-order chi connectivity index (χ0) is 19.5. The lowest BCUT2D eigenvalue weighted by atomic mass is 10.2. The van der Waals surface area contributed by atoms with Crippen LogP contribution < -0.4 is 5.32 Å². The summed E-state index contributed by atoms with van der Waals surface area (Å²) in [4.78, 5) is 21.2. The summed E-state index contributed by atoms with van der Waals surface area (Å²) in [5, 5.41) is 3.54. The molecule has 1 aromatic heterocycles. The SMILES string of the molecule is O=C(CN1CCN(Cc2nc3ccccc3s2)CC1)Nc1cc(F)ccc1F. The molecule has 0 aliphatic carbocycles. The minimum atomic E-state index is -0.643. The summed E-state index contributed by atoms with van der Waals surface area (Å²) in [6, 6.07) is 11.1. The first-order valence-corrected chi connectivity index (χ1v) is 9.92. The molecule has 2 heterocycles. The summed E-state index contributed by atoms with van der Waals surface area (Å²) in [5.74, 6) is -1.57. The van der Waals surface area contributed by atoms with Gasteiger partial charge in [0.15, 0.2) is 0 Å². The van der Waals surface area contributed by atoms with Crippen LogP contribution >= 0.6 is 11.3 Å². The summed E-state index contributed by atoms with van der Waals surface area (Å²) < 4.78 is 28.0. The molecule has 0 unspecified atom stereocenters. The maximum absolute atomic E-state index is 13.6. The Morgan fingerprint density at radius 2 is 1.82 bits per heavy atom. The van der Waals surface area contributed by atoms with Gasteiger partial charge in [0.1, 0.15) is 16.6 Å². The Morgan fingerprint density at radius 3 is 2.61 bits per heavy atom. The molecule has 0 atom stereocenters. The Balaban J connectivity index is 1.26. The van der Waals surface area contributed by atoms with Crippen LogP contribution in [0.2, 0.25) is 0 Å². The van der Waals surface area contributed by atoms with E-state index in [0.29, 0.717) is 0 Å². The van der Waals surface area contributed by atoms with Crippen LogP contribution in [0.3, 0.4) is 0 Å². The number of para-hydroxylation sites is 1. The number of piperazine rings is 1. The lowest BCUT2D eigenvalue weighted by Crippen LogP contribution is -2.48. The van der Waals surface area contributed by atoms with Crippen LogP contribution in [0.15, 0.2) is 42.5 Å². The van der Waals surface area contributed by atoms with Gasteiger partial charge in [0, 0.05) is 32.2 Å². The highest BCUT2D eigenvalue weighted by Gasteiger charge is 2.20. The van der Waals surface area contributed by atoms with Gasteiger partial charge in [0.25, 0.3) is 0 Å². The maximum atomic E-state index is 13.6. The average Bonchev–Trinajstić information content (AvgIpc) is 3.08. The lowest BCUT2D eigenvalue weighted by Gasteiger charge is -2.33. The van der Waals surface area contributed by atoms with Crippen LogP contribution in [-0.4, -0.2) is 53.4 Å². The number of amides is 1. The number of carbonyl (C=O) groups is 1. The van der Waals surface area contributed by atoms with E-state index >= 15 is 0 Å². The van der Waals surface area contributed by atoms with Gasteiger partial charge < -0.3 is 5.32 Å². The Morgan fingerprint density at radius 1 is 1.07 bits per heavy atom. The fourth-order valence-corrected chi connectivity index (χ4v) is 4.28. The van der Waals surface area contributed by atoms with Crippen molar-refractivity contribution < 1.29 is 13.6 Å². The van der Waals surface area contributed by atoms with Crippen LogP contribution in [0.25, 0.3) is 10.2 Å². The van der Waals surface area contributed by atoms with Crippen LogP contribution in [0.1, 0.15) is 5.01 Å². The quantitative estimate of drug-likeness (QED) is 0.711. The zero-order valence-corrected chi connectivity index (χ0v) is 16.0. The van der Waals surface area contributed by atoms with Crippen LogP contribution in [0.4, 0.5) is 14.5 Å². The predicted molar refractivity (Wildman–Crippen MR) is 106 cm³/mol. The van der Waals surface area contributed by atoms with Crippen molar-refractivity contribution in [2.24, 2.45) is 0 Å². The first kappa shape index (κ1) is 18.9. The number of benzene rings is 2. The Bertz CT molecular complexity index is 952. The monoisotopic (exact) mass is 402 g/mol. The van der Waals surface area contributed by atoms with E-state index in [-0.39, 0.29) is 18.1 Å². The van der Waals surface area contributed by atoms with Gasteiger partial charge in [-0.2, -0.15) is 0 Å². The van der Waals surface area contributed by atoms with E-state index in [2.05, 4.69) is 21.3 Å². The molecule has 28 heavy (non-hydrogen) atoms. The second kappa shape index (κ2) is 8.30. The van der Waals surface area contributed by atoms with Gasteiger partial charge >= 0.3 is 0 Å². The molecule has 1 N–H and O–H groups in total. The molecule has 0 saturated carbocycles. The molecular weight excluding hydrogens is 382 g/mol. The van der Waals surface area contributed by atoms with Gasteiger partial charge in [0.2, 0.25) is 5.91 Å². The number of carbonyl (C=O) groups excluding carboxylic acids is 1. The summed E-state index contributed by atoms with van der Waals surface area (Å²) in [7, 11) is 0. The number of nitrogens with one attached hydrogen (secondary N) is 1. The van der Waals surface area contributed by atoms with Gasteiger partial charge in [-0.15, -0.1) is 11.3 Å². The Hall–Kier alpha value is -2.42. The molecule has 3 aromatic rings. The largest absolute Gasteiger partial charge is 0.322 e. The number of fused-ring (bicyclic) bond motifs is 1. The molecule has 0 radical (unpaired) electrons. The van der Waals surface area contributed by atoms with Crippen molar-refractivity contribution in [3.63, 3.8) is 0 Å². The lowest BCUT2D eigenvalue weighted by molar-refractivity contribution is -0.117. The van der Waals surface area contributed by atoms with Gasteiger partial charge in [-0.1, -0.05) is 12.1 Å². The molecule has 1 fully saturated rings. The van der Waals surface area contributed by atoms with Crippen molar-refractivity contribution in [1.82, 2.24) is 14.8 Å². The molecule has 4 rings (SSSR count). The molecule has 1 aliphatic heterocycles. The minimum Gasteiger partial charge on any atom is -0.322 e. The number of halogens is 2. The third-order valence-corrected chi connectivity index (χ3v) is 5.75. The van der Waals surface area contributed by atoms with E-state index in [1.54, 1.807) is 11.3 Å².